The van der Waals surface area contributed by atoms with E-state index in [9.17, 15) is 0 Å². The Bertz CT molecular complexity index is 520. The molecular formula is C26H44N6NiS2-6. The molecule has 0 unspecified atom stereocenters. The molecule has 0 radical (unpaired) electrons. The van der Waals surface area contributed by atoms with Crippen molar-refractivity contribution in [1.29, 1.82) is 0 Å². The van der Waals surface area contributed by atoms with Crippen molar-refractivity contribution in [1.82, 2.24) is 0 Å². The maximum atomic E-state index is 7.13. The minimum absolute atomic E-state index is 0. The second-order valence-electron chi connectivity index (χ2n) is 8.87. The summed E-state index contributed by atoms with van der Waals surface area (Å²) in [5.41, 5.74) is 1.31. The summed E-state index contributed by atoms with van der Waals surface area (Å²) in [7, 11) is 0. The molecule has 6 nitrogen and oxygen atoms in total. The van der Waals surface area contributed by atoms with Crippen LogP contribution in [0.3, 0.4) is 0 Å². The molecule has 4 rings (SSSR count). The van der Waals surface area contributed by atoms with Gasteiger partial charge in [-0.2, -0.15) is 16.5 Å². The first-order chi connectivity index (χ1) is 16.4. The van der Waals surface area contributed by atoms with Gasteiger partial charge in [0, 0.05) is 16.5 Å². The van der Waals surface area contributed by atoms with Crippen molar-refractivity contribution < 1.29 is 16.5 Å². The van der Waals surface area contributed by atoms with Gasteiger partial charge in [0.1, 0.15) is 0 Å². The van der Waals surface area contributed by atoms with Crippen LogP contribution < -0.4 is 0 Å². The van der Waals surface area contributed by atoms with Crippen molar-refractivity contribution in [2.45, 2.75) is 66.2 Å². The smallest absolute Gasteiger partial charge is 0 e. The Labute approximate surface area is 236 Å². The molecule has 0 aliphatic carbocycles. The van der Waals surface area contributed by atoms with Crippen molar-refractivity contribution in [3.63, 3.8) is 0 Å². The van der Waals surface area contributed by atoms with Gasteiger partial charge in [-0.05, 0) is 24.7 Å². The number of nitrogens with zero attached hydrogens (tertiary/aromatic N) is 6. The van der Waals surface area contributed by atoms with Gasteiger partial charge in [-0.15, -0.1) is 45.8 Å². The molecule has 0 bridgehead atoms. The number of isothiocyanates is 2. The van der Waals surface area contributed by atoms with Crippen LogP contribution in [0.15, 0.2) is 23.9 Å². The molecular weight excluding hydrogens is 519 g/mol. The van der Waals surface area contributed by atoms with Crippen LogP contribution in [-0.2, 0) is 16.5 Å². The van der Waals surface area contributed by atoms with E-state index in [4.69, 9.17) is 10.8 Å². The zero-order valence-electron chi connectivity index (χ0n) is 22.0. The fraction of sp³-hybridized carbons (Fsp3) is 0.769. The van der Waals surface area contributed by atoms with Crippen LogP contribution in [-0.4, -0.2) is 56.1 Å². The topological polar surface area (TPSA) is 101 Å². The molecule has 4 heterocycles. The summed E-state index contributed by atoms with van der Waals surface area (Å²) < 4.78 is 0. The minimum Gasteiger partial charge on any atom is -0.753 e. The monoisotopic (exact) mass is 562 g/mol. The molecule has 0 saturated carbocycles. The predicted molar refractivity (Wildman–Crippen MR) is 158 cm³/mol. The summed E-state index contributed by atoms with van der Waals surface area (Å²) in [5, 5.41) is 33.6. The third-order valence-electron chi connectivity index (χ3n) is 5.64. The molecule has 4 aliphatic rings. The van der Waals surface area contributed by atoms with Gasteiger partial charge in [0.15, 0.2) is 0 Å². The van der Waals surface area contributed by atoms with E-state index in [1.165, 1.54) is 54.4 Å². The van der Waals surface area contributed by atoms with Crippen molar-refractivity contribution in [3.8, 4) is 0 Å². The quantitative estimate of drug-likeness (QED) is 0.168. The molecule has 3 saturated heterocycles. The van der Waals surface area contributed by atoms with Gasteiger partial charge in [-0.1, -0.05) is 101 Å². The maximum absolute atomic E-state index is 7.13. The van der Waals surface area contributed by atoms with Gasteiger partial charge in [0.05, 0.1) is 0 Å². The van der Waals surface area contributed by atoms with Gasteiger partial charge in [-0.3, -0.25) is 0 Å². The minimum atomic E-state index is 0. The molecule has 9 heteroatoms. The average molecular weight is 564 g/mol. The third kappa shape index (κ3) is 33.3. The average Bonchev–Trinajstić information content (AvgIpc) is 2.83. The fourth-order valence-corrected chi connectivity index (χ4v) is 3.13. The number of piperidine rings is 3. The molecule has 0 spiro atoms. The molecule has 4 aliphatic heterocycles. The summed E-state index contributed by atoms with van der Waals surface area (Å²) in [6.45, 7) is 16.5. The van der Waals surface area contributed by atoms with Crippen molar-refractivity contribution in [3.05, 3.63) is 56.0 Å². The Morgan fingerprint density at radius 2 is 1.00 bits per heavy atom. The van der Waals surface area contributed by atoms with Crippen molar-refractivity contribution in [2.75, 3.05) is 45.8 Å². The van der Waals surface area contributed by atoms with Crippen LogP contribution >= 0.6 is 24.4 Å². The summed E-state index contributed by atoms with van der Waals surface area (Å²) in [6, 6.07) is 0. The van der Waals surface area contributed by atoms with Gasteiger partial charge in [0.2, 0.25) is 0 Å². The summed E-state index contributed by atoms with van der Waals surface area (Å²) >= 11 is 7.40. The summed E-state index contributed by atoms with van der Waals surface area (Å²) in [6.07, 6.45) is 13.9. The van der Waals surface area contributed by atoms with Gasteiger partial charge in [-0.25, -0.2) is 0 Å². The largest absolute Gasteiger partial charge is 0.753 e. The van der Waals surface area contributed by atoms with E-state index < -0.39 is 0 Å². The zero-order chi connectivity index (χ0) is 25.9. The first-order valence-electron chi connectivity index (χ1n) is 12.3. The van der Waals surface area contributed by atoms with Crippen LogP contribution in [0, 0.1) is 17.8 Å². The summed E-state index contributed by atoms with van der Waals surface area (Å²) in [4.78, 5) is 0. The van der Waals surface area contributed by atoms with Gasteiger partial charge >= 0.3 is 0 Å². The molecule has 35 heavy (non-hydrogen) atoms. The van der Waals surface area contributed by atoms with E-state index >= 15 is 0 Å². The van der Waals surface area contributed by atoms with Crippen molar-refractivity contribution >= 4 is 34.8 Å². The molecule has 0 N–H and O–H groups in total. The number of allylic oxidation sites excluding steroid dienone is 2. The molecule has 0 amide bonds. The Hall–Kier alpha value is -0.746. The molecule has 206 valence electrons. The van der Waals surface area contributed by atoms with Crippen LogP contribution in [0.2, 0.25) is 0 Å². The SMILES string of the molecule is CC1=CC[N-]C=C1.CC1CC[N-]CC1.CC1CC[N-]CC1.CC1CC[N-]CC1.[N-]=C=S.[N-]=C=S.[Ni]. The van der Waals surface area contributed by atoms with E-state index in [0.29, 0.717) is 0 Å². The van der Waals surface area contributed by atoms with E-state index in [1.54, 1.807) is 0 Å². The molecule has 0 aromatic rings. The zero-order valence-corrected chi connectivity index (χ0v) is 24.6. The molecule has 0 aromatic heterocycles. The maximum Gasteiger partial charge on any atom is 0 e. The molecule has 3 fully saturated rings. The normalized spacial score (nSPS) is 19.3. The van der Waals surface area contributed by atoms with E-state index in [0.717, 1.165) is 63.6 Å². The number of hydrogen-bond donors (Lipinski definition) is 0. The first-order valence-corrected chi connectivity index (χ1v) is 13.1. The fourth-order valence-electron chi connectivity index (χ4n) is 3.13. The van der Waals surface area contributed by atoms with Crippen LogP contribution in [0.5, 0.6) is 0 Å². The third-order valence-corrected chi connectivity index (χ3v) is 5.64. The van der Waals surface area contributed by atoms with E-state index in [1.807, 2.05) is 12.3 Å². The van der Waals surface area contributed by atoms with Crippen LogP contribution in [0.1, 0.15) is 66.2 Å². The van der Waals surface area contributed by atoms with Crippen LogP contribution in [0.25, 0.3) is 32.1 Å². The van der Waals surface area contributed by atoms with Crippen molar-refractivity contribution in [2.24, 2.45) is 17.8 Å². The Morgan fingerprint density at radius 3 is 1.11 bits per heavy atom. The van der Waals surface area contributed by atoms with Gasteiger partial charge in [0.25, 0.3) is 0 Å². The molecule has 0 aromatic carbocycles. The number of thiocarbonyl (C=S) groups is 2. The van der Waals surface area contributed by atoms with E-state index in [2.05, 4.69) is 79.5 Å². The first kappa shape index (κ1) is 38.8. The number of hydrogen-bond acceptors (Lipinski definition) is 2. The van der Waals surface area contributed by atoms with Crippen LogP contribution in [0.4, 0.5) is 0 Å². The second kappa shape index (κ2) is 31.3. The van der Waals surface area contributed by atoms with Gasteiger partial charge < -0.3 is 32.1 Å². The Kier molecular flexibility index (Phi) is 34.7. The second-order valence-corrected chi connectivity index (χ2v) is 9.24. The Morgan fingerprint density at radius 1 is 0.714 bits per heavy atom. The Balaban J connectivity index is -0.000000360. The molecule has 0 atom stereocenters. The standard InChI is InChI=1S/3C6H12N.C6H8N.2CNS.Ni/c4*1-6-2-4-7-5-3-6;2*2-1-3;/h3*6H,2-5H2,1H3;2-4H,5H2,1H3;;;/q6*-1;. The summed E-state index contributed by atoms with van der Waals surface area (Å²) in [5.74, 6) is 2.83. The number of rotatable bonds is 0. The predicted octanol–water partition coefficient (Wildman–Crippen LogP) is 8.52. The van der Waals surface area contributed by atoms with E-state index in [-0.39, 0.29) is 16.5 Å².